The molecule has 0 aromatic carbocycles. The minimum absolute atomic E-state index is 0.189. The molecule has 3 heteroatoms. The van der Waals surface area contributed by atoms with Gasteiger partial charge in [-0.3, -0.25) is 0 Å². The number of likely N-dealkylation sites (N-methyl/N-ethyl adjacent to an activating group) is 1. The third-order valence-electron chi connectivity index (χ3n) is 9.27. The van der Waals surface area contributed by atoms with Gasteiger partial charge in [0.1, 0.15) is 0 Å². The molecule has 1 rings (SSSR count). The highest BCUT2D eigenvalue weighted by atomic mass is 16.6. The third-order valence-corrected chi connectivity index (χ3v) is 9.27. The van der Waals surface area contributed by atoms with Crippen LogP contribution in [0.15, 0.2) is 48.6 Å². The molecule has 0 aromatic heterocycles. The highest BCUT2D eigenvalue weighted by Gasteiger charge is 2.33. The fourth-order valence-electron chi connectivity index (χ4n) is 6.32. The summed E-state index contributed by atoms with van der Waals surface area (Å²) in [4.78, 5) is 2.33. The van der Waals surface area contributed by atoms with Crippen molar-refractivity contribution in [2.75, 3.05) is 20.1 Å². The van der Waals surface area contributed by atoms with E-state index in [1.165, 1.54) is 128 Å². The summed E-state index contributed by atoms with van der Waals surface area (Å²) in [5, 5.41) is 11.5. The Kier molecular flexibility index (Phi) is 29.2. The standard InChI is InChI=1S/C42H77NO2/c1-4-6-8-10-12-14-16-18-20-22-24-26-28-30-32-34-37-42(44,45-41-36-39-43(3)40-41)38-35-33-31-29-27-25-23-21-19-17-15-13-11-9-7-5-2/h12-15,18-21,41,44H,4-11,16-17,22-40H2,1-3H3/b14-12-,15-13-,20-18-,21-19-. The van der Waals surface area contributed by atoms with Crippen LogP contribution in [0.1, 0.15) is 187 Å². The van der Waals surface area contributed by atoms with Gasteiger partial charge in [-0.05, 0) is 90.5 Å². The number of ether oxygens (including phenoxy) is 1. The van der Waals surface area contributed by atoms with E-state index >= 15 is 0 Å². The maximum absolute atomic E-state index is 11.5. The first kappa shape index (κ1) is 41.9. The summed E-state index contributed by atoms with van der Waals surface area (Å²) in [7, 11) is 2.16. The smallest absolute Gasteiger partial charge is 0.165 e. The minimum atomic E-state index is -0.930. The van der Waals surface area contributed by atoms with Crippen LogP contribution in [0.4, 0.5) is 0 Å². The van der Waals surface area contributed by atoms with E-state index < -0.39 is 5.79 Å². The van der Waals surface area contributed by atoms with Crippen LogP contribution >= 0.6 is 0 Å². The van der Waals surface area contributed by atoms with E-state index in [9.17, 15) is 5.11 Å². The van der Waals surface area contributed by atoms with Gasteiger partial charge in [0, 0.05) is 25.9 Å². The second kappa shape index (κ2) is 31.4. The molecular formula is C42H77NO2. The van der Waals surface area contributed by atoms with Gasteiger partial charge in [-0.1, -0.05) is 140 Å². The number of hydrogen-bond donors (Lipinski definition) is 1. The topological polar surface area (TPSA) is 32.7 Å². The molecule has 262 valence electrons. The van der Waals surface area contributed by atoms with Crippen molar-refractivity contribution in [2.24, 2.45) is 0 Å². The molecule has 1 fully saturated rings. The van der Waals surface area contributed by atoms with Gasteiger partial charge in [0.25, 0.3) is 0 Å². The monoisotopic (exact) mass is 628 g/mol. The Hall–Kier alpha value is -1.16. The molecule has 1 unspecified atom stereocenters. The van der Waals surface area contributed by atoms with E-state index in [4.69, 9.17) is 4.74 Å². The molecule has 1 aliphatic heterocycles. The lowest BCUT2D eigenvalue weighted by Gasteiger charge is -2.32. The van der Waals surface area contributed by atoms with Crippen molar-refractivity contribution in [1.29, 1.82) is 0 Å². The van der Waals surface area contributed by atoms with Crippen molar-refractivity contribution in [3.05, 3.63) is 48.6 Å². The Morgan fingerprint density at radius 2 is 0.933 bits per heavy atom. The summed E-state index contributed by atoms with van der Waals surface area (Å²) in [6.07, 6.45) is 51.5. The maximum atomic E-state index is 11.5. The Morgan fingerprint density at radius 1 is 0.556 bits per heavy atom. The van der Waals surface area contributed by atoms with Gasteiger partial charge < -0.3 is 14.7 Å². The fraction of sp³-hybridized carbons (Fsp3) is 0.810. The molecule has 0 spiro atoms. The summed E-state index contributed by atoms with van der Waals surface area (Å²) < 4.78 is 6.41. The zero-order valence-electron chi connectivity index (χ0n) is 30.5. The summed E-state index contributed by atoms with van der Waals surface area (Å²) >= 11 is 0. The first-order valence-electron chi connectivity index (χ1n) is 19.8. The fourth-order valence-corrected chi connectivity index (χ4v) is 6.32. The average Bonchev–Trinajstić information content (AvgIpc) is 3.44. The zero-order valence-corrected chi connectivity index (χ0v) is 30.5. The summed E-state index contributed by atoms with van der Waals surface area (Å²) in [6, 6.07) is 0. The molecule has 3 nitrogen and oxygen atoms in total. The largest absolute Gasteiger partial charge is 0.365 e. The molecule has 0 radical (unpaired) electrons. The zero-order chi connectivity index (χ0) is 32.5. The molecule has 1 heterocycles. The van der Waals surface area contributed by atoms with E-state index in [0.29, 0.717) is 0 Å². The lowest BCUT2D eigenvalue weighted by atomic mass is 9.98. The lowest BCUT2D eigenvalue weighted by Crippen LogP contribution is -2.37. The second-order valence-corrected chi connectivity index (χ2v) is 13.9. The van der Waals surface area contributed by atoms with E-state index in [-0.39, 0.29) is 6.10 Å². The Bertz CT molecular complexity index is 691. The van der Waals surface area contributed by atoms with E-state index in [1.54, 1.807) is 0 Å². The number of aliphatic hydroxyl groups is 1. The van der Waals surface area contributed by atoms with Crippen LogP contribution < -0.4 is 0 Å². The normalized spacial score (nSPS) is 16.6. The molecular weight excluding hydrogens is 550 g/mol. The molecule has 1 N–H and O–H groups in total. The number of nitrogens with zero attached hydrogens (tertiary/aromatic N) is 1. The molecule has 1 atom stereocenters. The van der Waals surface area contributed by atoms with Crippen LogP contribution in [0.25, 0.3) is 0 Å². The number of rotatable bonds is 32. The van der Waals surface area contributed by atoms with E-state index in [2.05, 4.69) is 74.4 Å². The van der Waals surface area contributed by atoms with Crippen LogP contribution in [0.2, 0.25) is 0 Å². The Balaban J connectivity index is 2.12. The molecule has 0 bridgehead atoms. The summed E-state index contributed by atoms with van der Waals surface area (Å²) in [5.41, 5.74) is 0. The van der Waals surface area contributed by atoms with Crippen LogP contribution in [-0.2, 0) is 4.74 Å². The number of unbranched alkanes of at least 4 members (excludes halogenated alkanes) is 18. The second-order valence-electron chi connectivity index (χ2n) is 13.9. The SMILES string of the molecule is CCCCC/C=C\C/C=C\CCCCCCCCC(O)(CCCCCCCC/C=C\C/C=C\CCCCC)OC1CCN(C)C1. The summed E-state index contributed by atoms with van der Waals surface area (Å²) in [5.74, 6) is -0.930. The first-order valence-corrected chi connectivity index (χ1v) is 19.8. The van der Waals surface area contributed by atoms with E-state index in [0.717, 1.165) is 58.0 Å². The van der Waals surface area contributed by atoms with Gasteiger partial charge in [-0.15, -0.1) is 0 Å². The van der Waals surface area contributed by atoms with Crippen molar-refractivity contribution >= 4 is 0 Å². The van der Waals surface area contributed by atoms with Crippen molar-refractivity contribution in [3.8, 4) is 0 Å². The first-order chi connectivity index (χ1) is 22.1. The summed E-state index contributed by atoms with van der Waals surface area (Å²) in [6.45, 7) is 6.56. The maximum Gasteiger partial charge on any atom is 0.165 e. The number of allylic oxidation sites excluding steroid dienone is 8. The molecule has 0 amide bonds. The number of hydrogen-bond acceptors (Lipinski definition) is 3. The lowest BCUT2D eigenvalue weighted by molar-refractivity contribution is -0.235. The van der Waals surface area contributed by atoms with E-state index in [1.807, 2.05) is 0 Å². The van der Waals surface area contributed by atoms with Crippen molar-refractivity contribution in [1.82, 2.24) is 4.90 Å². The van der Waals surface area contributed by atoms with Gasteiger partial charge in [0.15, 0.2) is 5.79 Å². The van der Waals surface area contributed by atoms with Gasteiger partial charge in [0.05, 0.1) is 6.10 Å². The van der Waals surface area contributed by atoms with Gasteiger partial charge in [-0.2, -0.15) is 0 Å². The minimum Gasteiger partial charge on any atom is -0.365 e. The third kappa shape index (κ3) is 27.6. The molecule has 0 aromatic rings. The van der Waals surface area contributed by atoms with Crippen molar-refractivity contribution < 1.29 is 9.84 Å². The van der Waals surface area contributed by atoms with Crippen LogP contribution in [0.3, 0.4) is 0 Å². The van der Waals surface area contributed by atoms with Crippen molar-refractivity contribution in [3.63, 3.8) is 0 Å². The highest BCUT2D eigenvalue weighted by Crippen LogP contribution is 2.28. The Morgan fingerprint density at radius 3 is 1.31 bits per heavy atom. The van der Waals surface area contributed by atoms with Crippen LogP contribution in [-0.4, -0.2) is 42.0 Å². The highest BCUT2D eigenvalue weighted by molar-refractivity contribution is 4.93. The van der Waals surface area contributed by atoms with Gasteiger partial charge in [0.2, 0.25) is 0 Å². The average molecular weight is 628 g/mol. The van der Waals surface area contributed by atoms with Gasteiger partial charge in [-0.25, -0.2) is 0 Å². The molecule has 45 heavy (non-hydrogen) atoms. The van der Waals surface area contributed by atoms with Gasteiger partial charge >= 0.3 is 0 Å². The predicted octanol–water partition coefficient (Wildman–Crippen LogP) is 12.8. The molecule has 1 aliphatic rings. The van der Waals surface area contributed by atoms with Crippen LogP contribution in [0, 0.1) is 0 Å². The molecule has 0 saturated carbocycles. The van der Waals surface area contributed by atoms with Crippen molar-refractivity contribution in [2.45, 2.75) is 199 Å². The predicted molar refractivity (Wildman–Crippen MR) is 200 cm³/mol. The quantitative estimate of drug-likeness (QED) is 0.0457. The molecule has 0 aliphatic carbocycles. The number of likely N-dealkylation sites (tertiary alicyclic amines) is 1. The molecule has 1 saturated heterocycles. The van der Waals surface area contributed by atoms with Crippen LogP contribution in [0.5, 0.6) is 0 Å². The Labute approximate surface area is 282 Å².